The molecule has 6 nitrogen and oxygen atoms in total. The molecule has 0 radical (unpaired) electrons. The standard InChI is InChI=1S/C22H24ClN3O3S2/c1-16(17-5-3-2-4-6-17)26-11-9-18(10-12-26)29-21-8-7-19(13-20(21)23)31(27,28)25-22-14-30-15-24-22/h2-8,13-16,18,25H,9-12H2,1H3. The Morgan fingerprint density at radius 2 is 1.94 bits per heavy atom. The van der Waals surface area contributed by atoms with Crippen LogP contribution in [-0.4, -0.2) is 37.5 Å². The predicted octanol–water partition coefficient (Wildman–Crippen LogP) is 5.20. The number of nitrogens with one attached hydrogen (secondary N) is 1. The largest absolute Gasteiger partial charge is 0.489 e. The number of ether oxygens (including phenoxy) is 1. The van der Waals surface area contributed by atoms with E-state index in [1.165, 1.54) is 29.0 Å². The Morgan fingerprint density at radius 3 is 2.58 bits per heavy atom. The molecule has 3 aromatic rings. The number of halogens is 1. The van der Waals surface area contributed by atoms with Gasteiger partial charge in [-0.2, -0.15) is 0 Å². The molecule has 1 atom stereocenters. The third-order valence-electron chi connectivity index (χ3n) is 5.48. The second-order valence-corrected chi connectivity index (χ2v) is 10.3. The van der Waals surface area contributed by atoms with E-state index in [9.17, 15) is 8.42 Å². The minimum atomic E-state index is -3.75. The van der Waals surface area contributed by atoms with E-state index in [4.69, 9.17) is 16.3 Å². The van der Waals surface area contributed by atoms with Crippen molar-refractivity contribution in [2.75, 3.05) is 17.8 Å². The summed E-state index contributed by atoms with van der Waals surface area (Å²) in [6.45, 7) is 4.09. The molecule has 1 N–H and O–H groups in total. The maximum absolute atomic E-state index is 12.5. The number of benzene rings is 2. The first kappa shape index (κ1) is 22.1. The number of nitrogens with zero attached hydrogens (tertiary/aromatic N) is 2. The van der Waals surface area contributed by atoms with Crippen molar-refractivity contribution in [3.05, 3.63) is 70.0 Å². The van der Waals surface area contributed by atoms with E-state index in [0.717, 1.165) is 25.9 Å². The molecule has 0 aliphatic carbocycles. The molecule has 0 spiro atoms. The zero-order chi connectivity index (χ0) is 21.8. The highest BCUT2D eigenvalue weighted by Crippen LogP contribution is 2.31. The van der Waals surface area contributed by atoms with E-state index in [0.29, 0.717) is 11.8 Å². The molecule has 2 heterocycles. The van der Waals surface area contributed by atoms with Crippen LogP contribution in [0.1, 0.15) is 31.4 Å². The van der Waals surface area contributed by atoms with E-state index in [1.807, 2.05) is 6.07 Å². The molecule has 4 rings (SSSR count). The first-order chi connectivity index (χ1) is 14.9. The molecule has 1 unspecified atom stereocenters. The van der Waals surface area contributed by atoms with E-state index < -0.39 is 10.0 Å². The summed E-state index contributed by atoms with van der Waals surface area (Å²) in [6, 6.07) is 15.4. The van der Waals surface area contributed by atoms with Gasteiger partial charge in [0.1, 0.15) is 11.9 Å². The molecule has 1 aliphatic heterocycles. The highest BCUT2D eigenvalue weighted by molar-refractivity contribution is 7.92. The van der Waals surface area contributed by atoms with Crippen molar-refractivity contribution in [3.63, 3.8) is 0 Å². The van der Waals surface area contributed by atoms with Crippen LogP contribution in [0.3, 0.4) is 0 Å². The highest BCUT2D eigenvalue weighted by Gasteiger charge is 2.25. The number of likely N-dealkylation sites (tertiary alicyclic amines) is 1. The Balaban J connectivity index is 1.36. The first-order valence-corrected chi connectivity index (χ1v) is 12.9. The van der Waals surface area contributed by atoms with Crippen LogP contribution in [0.2, 0.25) is 5.02 Å². The number of sulfonamides is 1. The number of rotatable bonds is 7. The van der Waals surface area contributed by atoms with Gasteiger partial charge in [0.05, 0.1) is 15.4 Å². The summed E-state index contributed by atoms with van der Waals surface area (Å²) < 4.78 is 33.6. The van der Waals surface area contributed by atoms with E-state index in [2.05, 4.69) is 45.8 Å². The van der Waals surface area contributed by atoms with Crippen molar-refractivity contribution in [3.8, 4) is 5.75 Å². The van der Waals surface area contributed by atoms with Crippen LogP contribution in [0.25, 0.3) is 0 Å². The van der Waals surface area contributed by atoms with Gasteiger partial charge in [-0.15, -0.1) is 11.3 Å². The third kappa shape index (κ3) is 5.38. The fourth-order valence-electron chi connectivity index (χ4n) is 3.71. The Morgan fingerprint density at radius 1 is 1.19 bits per heavy atom. The van der Waals surface area contributed by atoms with Gasteiger partial charge in [0, 0.05) is 24.5 Å². The second-order valence-electron chi connectivity index (χ2n) is 7.51. The lowest BCUT2D eigenvalue weighted by Gasteiger charge is -2.36. The Kier molecular flexibility index (Phi) is 6.81. The molecule has 1 aromatic heterocycles. The average molecular weight is 478 g/mol. The van der Waals surface area contributed by atoms with Gasteiger partial charge >= 0.3 is 0 Å². The summed E-state index contributed by atoms with van der Waals surface area (Å²) in [5.41, 5.74) is 2.88. The van der Waals surface area contributed by atoms with Crippen LogP contribution in [0.5, 0.6) is 5.75 Å². The molecular formula is C22H24ClN3O3S2. The van der Waals surface area contributed by atoms with Gasteiger partial charge in [-0.05, 0) is 43.5 Å². The minimum Gasteiger partial charge on any atom is -0.489 e. The fraction of sp³-hybridized carbons (Fsp3) is 0.318. The summed E-state index contributed by atoms with van der Waals surface area (Å²) >= 11 is 7.67. The molecule has 1 saturated heterocycles. The van der Waals surface area contributed by atoms with Crippen molar-refractivity contribution < 1.29 is 13.2 Å². The number of hydrogen-bond donors (Lipinski definition) is 1. The average Bonchev–Trinajstić information content (AvgIpc) is 3.28. The lowest BCUT2D eigenvalue weighted by molar-refractivity contribution is 0.0797. The topological polar surface area (TPSA) is 71.5 Å². The SMILES string of the molecule is CC(c1ccccc1)N1CCC(Oc2ccc(S(=O)(=O)Nc3cscn3)cc2Cl)CC1. The molecule has 1 fully saturated rings. The predicted molar refractivity (Wildman–Crippen MR) is 124 cm³/mol. The Labute approximate surface area is 191 Å². The van der Waals surface area contributed by atoms with Gasteiger partial charge < -0.3 is 4.74 Å². The molecule has 164 valence electrons. The number of thiazole rings is 1. The lowest BCUT2D eigenvalue weighted by Crippen LogP contribution is -2.39. The molecule has 1 aliphatic rings. The third-order valence-corrected chi connectivity index (χ3v) is 7.72. The summed E-state index contributed by atoms with van der Waals surface area (Å²) in [5.74, 6) is 0.793. The van der Waals surface area contributed by atoms with Crippen molar-refractivity contribution in [1.82, 2.24) is 9.88 Å². The summed E-state index contributed by atoms with van der Waals surface area (Å²) in [5, 5.41) is 1.91. The van der Waals surface area contributed by atoms with Crippen LogP contribution in [0, 0.1) is 0 Å². The van der Waals surface area contributed by atoms with Crippen LogP contribution >= 0.6 is 22.9 Å². The zero-order valence-corrected chi connectivity index (χ0v) is 19.5. The van der Waals surface area contributed by atoms with Gasteiger partial charge in [-0.1, -0.05) is 41.9 Å². The molecule has 9 heteroatoms. The van der Waals surface area contributed by atoms with Crippen molar-refractivity contribution >= 4 is 38.8 Å². The van der Waals surface area contributed by atoms with Gasteiger partial charge in [-0.25, -0.2) is 13.4 Å². The number of piperidine rings is 1. The molecule has 0 bridgehead atoms. The minimum absolute atomic E-state index is 0.0484. The maximum atomic E-state index is 12.5. The molecule has 0 saturated carbocycles. The summed E-state index contributed by atoms with van der Waals surface area (Å²) in [7, 11) is -3.75. The van der Waals surface area contributed by atoms with Crippen molar-refractivity contribution in [1.29, 1.82) is 0 Å². The van der Waals surface area contributed by atoms with Gasteiger partial charge in [0.2, 0.25) is 0 Å². The zero-order valence-electron chi connectivity index (χ0n) is 17.1. The monoisotopic (exact) mass is 477 g/mol. The van der Waals surface area contributed by atoms with E-state index in [1.54, 1.807) is 17.0 Å². The normalized spacial score (nSPS) is 16.7. The Hall–Kier alpha value is -2.13. The van der Waals surface area contributed by atoms with Crippen LogP contribution in [0.15, 0.2) is 64.3 Å². The fourth-order valence-corrected chi connectivity index (χ4v) is 5.58. The molecule has 2 aromatic carbocycles. The number of aromatic nitrogens is 1. The van der Waals surface area contributed by atoms with Gasteiger partial charge in [0.25, 0.3) is 10.0 Å². The van der Waals surface area contributed by atoms with Crippen molar-refractivity contribution in [2.45, 2.75) is 36.8 Å². The molecule has 0 amide bonds. The van der Waals surface area contributed by atoms with E-state index >= 15 is 0 Å². The lowest BCUT2D eigenvalue weighted by atomic mass is 10.0. The van der Waals surface area contributed by atoms with Crippen LogP contribution in [0.4, 0.5) is 5.82 Å². The van der Waals surface area contributed by atoms with E-state index in [-0.39, 0.29) is 21.8 Å². The summed E-state index contributed by atoms with van der Waals surface area (Å²) in [4.78, 5) is 6.48. The smallest absolute Gasteiger partial charge is 0.263 e. The molecular weight excluding hydrogens is 454 g/mol. The highest BCUT2D eigenvalue weighted by atomic mass is 35.5. The van der Waals surface area contributed by atoms with Crippen molar-refractivity contribution in [2.24, 2.45) is 0 Å². The molecule has 31 heavy (non-hydrogen) atoms. The first-order valence-electron chi connectivity index (χ1n) is 10.1. The maximum Gasteiger partial charge on any atom is 0.263 e. The quantitative estimate of drug-likeness (QED) is 0.506. The summed E-state index contributed by atoms with van der Waals surface area (Å²) in [6.07, 6.45) is 1.82. The van der Waals surface area contributed by atoms with Crippen LogP contribution < -0.4 is 9.46 Å². The number of anilines is 1. The van der Waals surface area contributed by atoms with Gasteiger partial charge in [0.15, 0.2) is 5.82 Å². The Bertz CT molecular complexity index is 1100. The van der Waals surface area contributed by atoms with Gasteiger partial charge in [-0.3, -0.25) is 9.62 Å². The number of hydrogen-bond acceptors (Lipinski definition) is 6. The van der Waals surface area contributed by atoms with Crippen LogP contribution in [-0.2, 0) is 10.0 Å². The second kappa shape index (κ2) is 9.56.